The average Bonchev–Trinajstić information content (AvgIpc) is 2.38. The van der Waals surface area contributed by atoms with E-state index in [4.69, 9.17) is 10.5 Å². The van der Waals surface area contributed by atoms with Crippen LogP contribution in [0.1, 0.15) is 26.3 Å². The van der Waals surface area contributed by atoms with Crippen LogP contribution in [-0.2, 0) is 5.41 Å². The molecule has 0 aliphatic carbocycles. The SMILES string of the molecule is CC(C)(C)c1ccnc(OC(N)=O)c1-c1cccnc1. The van der Waals surface area contributed by atoms with Gasteiger partial charge in [0.2, 0.25) is 5.88 Å². The molecule has 0 saturated carbocycles. The number of nitrogens with two attached hydrogens (primary N) is 1. The lowest BCUT2D eigenvalue weighted by molar-refractivity contribution is 0.209. The number of ether oxygens (including phenoxy) is 1. The molecule has 20 heavy (non-hydrogen) atoms. The number of aromatic nitrogens is 2. The van der Waals surface area contributed by atoms with Crippen molar-refractivity contribution in [1.82, 2.24) is 9.97 Å². The normalized spacial score (nSPS) is 11.2. The highest BCUT2D eigenvalue weighted by Crippen LogP contribution is 2.37. The van der Waals surface area contributed by atoms with Crippen LogP contribution in [0.15, 0.2) is 36.8 Å². The van der Waals surface area contributed by atoms with Gasteiger partial charge in [-0.05, 0) is 23.1 Å². The molecule has 0 unspecified atom stereocenters. The van der Waals surface area contributed by atoms with Crippen molar-refractivity contribution in [2.24, 2.45) is 5.73 Å². The zero-order valence-corrected chi connectivity index (χ0v) is 11.8. The second-order valence-electron chi connectivity index (χ2n) is 5.45. The molecule has 104 valence electrons. The van der Waals surface area contributed by atoms with Gasteiger partial charge in [0.25, 0.3) is 0 Å². The van der Waals surface area contributed by atoms with Crippen molar-refractivity contribution in [2.45, 2.75) is 26.2 Å². The minimum atomic E-state index is -0.881. The van der Waals surface area contributed by atoms with Gasteiger partial charge in [0, 0.05) is 29.7 Å². The van der Waals surface area contributed by atoms with E-state index in [1.807, 2.05) is 18.2 Å². The fourth-order valence-corrected chi connectivity index (χ4v) is 2.03. The third-order valence-electron chi connectivity index (χ3n) is 2.87. The van der Waals surface area contributed by atoms with Crippen molar-refractivity contribution in [2.75, 3.05) is 0 Å². The van der Waals surface area contributed by atoms with Gasteiger partial charge in [-0.15, -0.1) is 0 Å². The predicted molar refractivity (Wildman–Crippen MR) is 76.4 cm³/mol. The number of carbonyl (C=O) groups is 1. The Morgan fingerprint density at radius 2 is 2.00 bits per heavy atom. The number of hydrogen-bond acceptors (Lipinski definition) is 4. The van der Waals surface area contributed by atoms with Crippen LogP contribution in [0.2, 0.25) is 0 Å². The molecule has 5 nitrogen and oxygen atoms in total. The predicted octanol–water partition coefficient (Wildman–Crippen LogP) is 2.90. The lowest BCUT2D eigenvalue weighted by atomic mass is 9.83. The van der Waals surface area contributed by atoms with Gasteiger partial charge in [0.1, 0.15) is 0 Å². The summed E-state index contributed by atoms with van der Waals surface area (Å²) in [6, 6.07) is 5.63. The molecule has 2 N–H and O–H groups in total. The van der Waals surface area contributed by atoms with Crippen molar-refractivity contribution in [3.05, 3.63) is 42.4 Å². The molecule has 0 atom stereocenters. The highest BCUT2D eigenvalue weighted by molar-refractivity contribution is 5.77. The maximum absolute atomic E-state index is 11.1. The molecular formula is C15H17N3O2. The summed E-state index contributed by atoms with van der Waals surface area (Å²) in [5, 5.41) is 0. The number of nitrogens with zero attached hydrogens (tertiary/aromatic N) is 2. The molecule has 0 fully saturated rings. The Morgan fingerprint density at radius 3 is 2.55 bits per heavy atom. The lowest BCUT2D eigenvalue weighted by Gasteiger charge is -2.23. The van der Waals surface area contributed by atoms with Gasteiger partial charge >= 0.3 is 6.09 Å². The zero-order valence-electron chi connectivity index (χ0n) is 11.8. The maximum atomic E-state index is 11.1. The Labute approximate surface area is 117 Å². The van der Waals surface area contributed by atoms with Gasteiger partial charge in [-0.1, -0.05) is 26.8 Å². The number of pyridine rings is 2. The quantitative estimate of drug-likeness (QED) is 0.910. The Bertz CT molecular complexity index is 619. The van der Waals surface area contributed by atoms with E-state index in [0.29, 0.717) is 0 Å². The zero-order chi connectivity index (χ0) is 14.8. The van der Waals surface area contributed by atoms with Crippen LogP contribution in [0, 0.1) is 0 Å². The van der Waals surface area contributed by atoms with Crippen molar-refractivity contribution in [1.29, 1.82) is 0 Å². The van der Waals surface area contributed by atoms with Crippen LogP contribution >= 0.6 is 0 Å². The van der Waals surface area contributed by atoms with Gasteiger partial charge in [0.05, 0.1) is 0 Å². The number of primary amides is 1. The Balaban J connectivity index is 2.69. The van der Waals surface area contributed by atoms with E-state index in [0.717, 1.165) is 16.7 Å². The number of hydrogen-bond donors (Lipinski definition) is 1. The standard InChI is InChI=1S/C15H17N3O2/c1-15(2,3)11-6-8-18-13(20-14(16)19)12(11)10-5-4-7-17-9-10/h4-9H,1-3H3,(H2,16,19). The third-order valence-corrected chi connectivity index (χ3v) is 2.87. The molecule has 0 aliphatic heterocycles. The second-order valence-corrected chi connectivity index (χ2v) is 5.45. The molecule has 0 saturated heterocycles. The first-order valence-corrected chi connectivity index (χ1v) is 6.27. The summed E-state index contributed by atoms with van der Waals surface area (Å²) in [6.07, 6.45) is 4.12. The summed E-state index contributed by atoms with van der Waals surface area (Å²) in [7, 11) is 0. The molecule has 2 aromatic rings. The summed E-state index contributed by atoms with van der Waals surface area (Å²) >= 11 is 0. The molecule has 0 spiro atoms. The van der Waals surface area contributed by atoms with E-state index in [1.54, 1.807) is 18.6 Å². The summed E-state index contributed by atoms with van der Waals surface area (Å²) in [6.45, 7) is 6.24. The minimum Gasteiger partial charge on any atom is -0.391 e. The smallest absolute Gasteiger partial charge is 0.391 e. The average molecular weight is 271 g/mol. The van der Waals surface area contributed by atoms with Gasteiger partial charge in [-0.2, -0.15) is 0 Å². The topological polar surface area (TPSA) is 78.1 Å². The Morgan fingerprint density at radius 1 is 1.25 bits per heavy atom. The highest BCUT2D eigenvalue weighted by atomic mass is 16.6. The summed E-state index contributed by atoms with van der Waals surface area (Å²) in [5.74, 6) is 0.206. The minimum absolute atomic E-state index is 0.135. The van der Waals surface area contributed by atoms with Crippen molar-refractivity contribution < 1.29 is 9.53 Å². The first-order valence-electron chi connectivity index (χ1n) is 6.27. The molecule has 2 heterocycles. The molecular weight excluding hydrogens is 254 g/mol. The van der Waals surface area contributed by atoms with E-state index in [1.165, 1.54) is 0 Å². The Kier molecular flexibility index (Phi) is 3.70. The van der Waals surface area contributed by atoms with Crippen molar-refractivity contribution >= 4 is 6.09 Å². The maximum Gasteiger partial charge on any atom is 0.411 e. The fraction of sp³-hybridized carbons (Fsp3) is 0.267. The van der Waals surface area contributed by atoms with Gasteiger partial charge < -0.3 is 10.5 Å². The van der Waals surface area contributed by atoms with E-state index < -0.39 is 6.09 Å². The van der Waals surface area contributed by atoms with E-state index in [2.05, 4.69) is 30.7 Å². The summed E-state index contributed by atoms with van der Waals surface area (Å²) in [5.41, 5.74) is 7.57. The number of carbonyl (C=O) groups excluding carboxylic acids is 1. The van der Waals surface area contributed by atoms with Gasteiger partial charge in [0.15, 0.2) is 0 Å². The molecule has 0 bridgehead atoms. The van der Waals surface area contributed by atoms with E-state index in [9.17, 15) is 4.79 Å². The van der Waals surface area contributed by atoms with E-state index >= 15 is 0 Å². The Hall–Kier alpha value is -2.43. The van der Waals surface area contributed by atoms with E-state index in [-0.39, 0.29) is 11.3 Å². The summed E-state index contributed by atoms with van der Waals surface area (Å²) < 4.78 is 5.04. The van der Waals surface area contributed by atoms with Gasteiger partial charge in [-0.25, -0.2) is 9.78 Å². The molecule has 5 heteroatoms. The molecule has 2 rings (SSSR count). The number of rotatable bonds is 2. The number of amides is 1. The van der Waals surface area contributed by atoms with Crippen LogP contribution < -0.4 is 10.5 Å². The lowest BCUT2D eigenvalue weighted by Crippen LogP contribution is -2.19. The van der Waals surface area contributed by atoms with Crippen LogP contribution in [0.5, 0.6) is 5.88 Å². The summed E-state index contributed by atoms with van der Waals surface area (Å²) in [4.78, 5) is 19.3. The van der Waals surface area contributed by atoms with Crippen molar-refractivity contribution in [3.8, 4) is 17.0 Å². The first kappa shape index (κ1) is 14.0. The highest BCUT2D eigenvalue weighted by Gasteiger charge is 2.23. The molecule has 0 radical (unpaired) electrons. The largest absolute Gasteiger partial charge is 0.411 e. The van der Waals surface area contributed by atoms with Crippen molar-refractivity contribution in [3.63, 3.8) is 0 Å². The second kappa shape index (κ2) is 5.28. The first-order chi connectivity index (χ1) is 9.39. The fourth-order valence-electron chi connectivity index (χ4n) is 2.03. The monoisotopic (exact) mass is 271 g/mol. The van der Waals surface area contributed by atoms with Gasteiger partial charge in [-0.3, -0.25) is 4.98 Å². The van der Waals surface area contributed by atoms with Crippen LogP contribution in [0.25, 0.3) is 11.1 Å². The molecule has 0 aliphatic rings. The molecule has 2 aromatic heterocycles. The molecule has 0 aromatic carbocycles. The van der Waals surface area contributed by atoms with Crippen LogP contribution in [0.4, 0.5) is 4.79 Å². The van der Waals surface area contributed by atoms with Crippen LogP contribution in [-0.4, -0.2) is 16.1 Å². The molecule has 1 amide bonds. The third kappa shape index (κ3) is 2.93. The van der Waals surface area contributed by atoms with Crippen LogP contribution in [0.3, 0.4) is 0 Å².